The van der Waals surface area contributed by atoms with Gasteiger partial charge in [0, 0.05) is 17.7 Å². The Hall–Kier alpha value is -1.81. The molecule has 2 N–H and O–H groups in total. The molecule has 0 spiro atoms. The fourth-order valence-electron chi connectivity index (χ4n) is 1.88. The van der Waals surface area contributed by atoms with Crippen LogP contribution in [-0.4, -0.2) is 0 Å². The van der Waals surface area contributed by atoms with Gasteiger partial charge in [-0.2, -0.15) is 0 Å². The molecule has 1 atom stereocenters. The van der Waals surface area contributed by atoms with Crippen molar-refractivity contribution in [3.63, 3.8) is 0 Å². The maximum atomic E-state index is 13.6. The van der Waals surface area contributed by atoms with E-state index in [1.54, 1.807) is 18.2 Å². The molecule has 0 fully saturated rings. The van der Waals surface area contributed by atoms with Crippen molar-refractivity contribution in [1.29, 1.82) is 0 Å². The van der Waals surface area contributed by atoms with Crippen LogP contribution in [0.1, 0.15) is 22.7 Å². The standard InChI is InChI=1S/C14H12F3N/c1-8-3-2-4-9(5-8)14(18)13-11(16)6-10(15)7-12(13)17/h2-7,14H,18H2,1H3. The van der Waals surface area contributed by atoms with E-state index in [1.807, 2.05) is 13.0 Å². The average molecular weight is 251 g/mol. The number of rotatable bonds is 2. The number of benzene rings is 2. The molecule has 0 aliphatic rings. The van der Waals surface area contributed by atoms with Crippen molar-refractivity contribution in [3.05, 3.63) is 70.5 Å². The molecule has 0 aromatic heterocycles. The summed E-state index contributed by atoms with van der Waals surface area (Å²) in [6.45, 7) is 1.85. The molecule has 1 nitrogen and oxygen atoms in total. The van der Waals surface area contributed by atoms with Crippen molar-refractivity contribution >= 4 is 0 Å². The Morgan fingerprint density at radius 3 is 2.17 bits per heavy atom. The van der Waals surface area contributed by atoms with Gasteiger partial charge in [-0.15, -0.1) is 0 Å². The summed E-state index contributed by atoms with van der Waals surface area (Å²) in [7, 11) is 0. The number of hydrogen-bond donors (Lipinski definition) is 1. The Bertz CT molecular complexity index is 558. The van der Waals surface area contributed by atoms with E-state index >= 15 is 0 Å². The lowest BCUT2D eigenvalue weighted by atomic mass is 9.97. The molecule has 0 aliphatic carbocycles. The molecule has 0 heterocycles. The molecule has 2 rings (SSSR count). The molecule has 18 heavy (non-hydrogen) atoms. The van der Waals surface area contributed by atoms with Crippen molar-refractivity contribution in [3.8, 4) is 0 Å². The van der Waals surface area contributed by atoms with E-state index in [0.29, 0.717) is 17.7 Å². The maximum absolute atomic E-state index is 13.6. The minimum absolute atomic E-state index is 0.318. The smallest absolute Gasteiger partial charge is 0.134 e. The zero-order chi connectivity index (χ0) is 13.3. The normalized spacial score (nSPS) is 12.5. The van der Waals surface area contributed by atoms with Gasteiger partial charge in [0.15, 0.2) is 0 Å². The van der Waals surface area contributed by atoms with Crippen LogP contribution in [0.15, 0.2) is 36.4 Å². The molecular formula is C14H12F3N. The molecule has 0 saturated heterocycles. The topological polar surface area (TPSA) is 26.0 Å². The molecule has 2 aromatic carbocycles. The van der Waals surface area contributed by atoms with Gasteiger partial charge in [0.1, 0.15) is 17.5 Å². The Kier molecular flexibility index (Phi) is 3.39. The molecule has 4 heteroatoms. The van der Waals surface area contributed by atoms with E-state index in [-0.39, 0.29) is 5.56 Å². The number of hydrogen-bond acceptors (Lipinski definition) is 1. The third kappa shape index (κ3) is 2.38. The van der Waals surface area contributed by atoms with E-state index in [9.17, 15) is 13.2 Å². The number of halogens is 3. The molecular weight excluding hydrogens is 239 g/mol. The average Bonchev–Trinajstić information content (AvgIpc) is 2.27. The fraction of sp³-hybridized carbons (Fsp3) is 0.143. The highest BCUT2D eigenvalue weighted by atomic mass is 19.1. The lowest BCUT2D eigenvalue weighted by molar-refractivity contribution is 0.515. The highest BCUT2D eigenvalue weighted by Gasteiger charge is 2.19. The van der Waals surface area contributed by atoms with Crippen LogP contribution in [0.25, 0.3) is 0 Å². The quantitative estimate of drug-likeness (QED) is 0.869. The molecule has 0 radical (unpaired) electrons. The first-order valence-electron chi connectivity index (χ1n) is 5.45. The Balaban J connectivity index is 2.49. The van der Waals surface area contributed by atoms with Crippen LogP contribution in [0.4, 0.5) is 13.2 Å². The molecule has 1 unspecified atom stereocenters. The van der Waals surface area contributed by atoms with Crippen molar-refractivity contribution < 1.29 is 13.2 Å². The van der Waals surface area contributed by atoms with E-state index in [0.717, 1.165) is 5.56 Å². The van der Waals surface area contributed by atoms with Crippen LogP contribution in [0.2, 0.25) is 0 Å². The Morgan fingerprint density at radius 2 is 1.61 bits per heavy atom. The summed E-state index contributed by atoms with van der Waals surface area (Å²) in [4.78, 5) is 0. The molecule has 0 bridgehead atoms. The molecule has 2 aromatic rings. The van der Waals surface area contributed by atoms with Gasteiger partial charge in [0.05, 0.1) is 6.04 Å². The van der Waals surface area contributed by atoms with Crippen LogP contribution >= 0.6 is 0 Å². The van der Waals surface area contributed by atoms with Gasteiger partial charge >= 0.3 is 0 Å². The molecule has 0 saturated carbocycles. The molecule has 0 aliphatic heterocycles. The van der Waals surface area contributed by atoms with E-state index in [4.69, 9.17) is 5.73 Å². The highest BCUT2D eigenvalue weighted by Crippen LogP contribution is 2.26. The monoisotopic (exact) mass is 251 g/mol. The SMILES string of the molecule is Cc1cccc(C(N)c2c(F)cc(F)cc2F)c1. The predicted octanol–water partition coefficient (Wildman–Crippen LogP) is 3.46. The summed E-state index contributed by atoms with van der Waals surface area (Å²) in [5, 5.41) is 0. The van der Waals surface area contributed by atoms with Crippen LogP contribution in [-0.2, 0) is 0 Å². The second-order valence-electron chi connectivity index (χ2n) is 4.17. The lowest BCUT2D eigenvalue weighted by Gasteiger charge is -2.15. The Labute approximate surface area is 103 Å². The second kappa shape index (κ2) is 4.82. The summed E-state index contributed by atoms with van der Waals surface area (Å²) >= 11 is 0. The van der Waals surface area contributed by atoms with E-state index < -0.39 is 23.5 Å². The van der Waals surface area contributed by atoms with Crippen molar-refractivity contribution in [2.75, 3.05) is 0 Å². The predicted molar refractivity (Wildman–Crippen MR) is 63.5 cm³/mol. The van der Waals surface area contributed by atoms with E-state index in [1.165, 1.54) is 0 Å². The van der Waals surface area contributed by atoms with E-state index in [2.05, 4.69) is 0 Å². The highest BCUT2D eigenvalue weighted by molar-refractivity contribution is 5.35. The third-order valence-electron chi connectivity index (χ3n) is 2.76. The first-order chi connectivity index (χ1) is 8.49. The third-order valence-corrected chi connectivity index (χ3v) is 2.76. The van der Waals surface area contributed by atoms with Gasteiger partial charge < -0.3 is 5.73 Å². The summed E-state index contributed by atoms with van der Waals surface area (Å²) in [5.74, 6) is -2.90. The zero-order valence-corrected chi connectivity index (χ0v) is 9.75. The minimum atomic E-state index is -0.971. The zero-order valence-electron chi connectivity index (χ0n) is 9.75. The number of nitrogens with two attached hydrogens (primary N) is 1. The lowest BCUT2D eigenvalue weighted by Crippen LogP contribution is -2.16. The summed E-state index contributed by atoms with van der Waals surface area (Å²) < 4.78 is 40.0. The fourth-order valence-corrected chi connectivity index (χ4v) is 1.88. The van der Waals surface area contributed by atoms with Crippen LogP contribution in [0.3, 0.4) is 0 Å². The van der Waals surface area contributed by atoms with Gasteiger partial charge in [0.25, 0.3) is 0 Å². The Morgan fingerprint density at radius 1 is 1.00 bits per heavy atom. The number of aryl methyl sites for hydroxylation is 1. The largest absolute Gasteiger partial charge is 0.320 e. The second-order valence-corrected chi connectivity index (χ2v) is 4.17. The van der Waals surface area contributed by atoms with Crippen molar-refractivity contribution in [2.24, 2.45) is 5.73 Å². The summed E-state index contributed by atoms with van der Waals surface area (Å²) in [6, 6.07) is 7.34. The summed E-state index contributed by atoms with van der Waals surface area (Å²) in [5.41, 5.74) is 7.04. The minimum Gasteiger partial charge on any atom is -0.320 e. The molecule has 94 valence electrons. The van der Waals surface area contributed by atoms with Gasteiger partial charge in [-0.05, 0) is 12.5 Å². The van der Waals surface area contributed by atoms with Crippen LogP contribution in [0, 0.1) is 24.4 Å². The maximum Gasteiger partial charge on any atom is 0.134 e. The summed E-state index contributed by atoms with van der Waals surface area (Å²) in [6.07, 6.45) is 0. The van der Waals surface area contributed by atoms with Gasteiger partial charge in [-0.25, -0.2) is 13.2 Å². The van der Waals surface area contributed by atoms with Gasteiger partial charge in [-0.1, -0.05) is 29.8 Å². The van der Waals surface area contributed by atoms with Crippen molar-refractivity contribution in [1.82, 2.24) is 0 Å². The van der Waals surface area contributed by atoms with Gasteiger partial charge in [0.2, 0.25) is 0 Å². The van der Waals surface area contributed by atoms with Gasteiger partial charge in [-0.3, -0.25) is 0 Å². The molecule has 0 amide bonds. The first kappa shape index (κ1) is 12.6. The first-order valence-corrected chi connectivity index (χ1v) is 5.45. The van der Waals surface area contributed by atoms with Crippen LogP contribution in [0.5, 0.6) is 0 Å². The van der Waals surface area contributed by atoms with Crippen LogP contribution < -0.4 is 5.73 Å². The van der Waals surface area contributed by atoms with Crippen molar-refractivity contribution in [2.45, 2.75) is 13.0 Å².